The first-order valence-corrected chi connectivity index (χ1v) is 6.43. The first-order chi connectivity index (χ1) is 7.58. The zero-order valence-electron chi connectivity index (χ0n) is 10.5. The quantitative estimate of drug-likeness (QED) is 0.783. The third-order valence-electron chi connectivity index (χ3n) is 2.72. The van der Waals surface area contributed by atoms with Crippen LogP contribution in [0.5, 0.6) is 0 Å². The second-order valence-electron chi connectivity index (χ2n) is 4.88. The Hall–Kier alpha value is -0.530. The summed E-state index contributed by atoms with van der Waals surface area (Å²) < 4.78 is 0. The molecule has 1 aromatic rings. The van der Waals surface area contributed by atoms with Crippen LogP contribution in [0.2, 0.25) is 5.02 Å². The van der Waals surface area contributed by atoms with E-state index >= 15 is 0 Å². The smallest absolute Gasteiger partial charge is 0.0409 e. The van der Waals surface area contributed by atoms with Crippen molar-refractivity contribution in [1.29, 1.82) is 0 Å². The van der Waals surface area contributed by atoms with Crippen molar-refractivity contribution in [2.45, 2.75) is 46.2 Å². The van der Waals surface area contributed by atoms with E-state index < -0.39 is 0 Å². The maximum absolute atomic E-state index is 5.94. The third kappa shape index (κ3) is 5.53. The molecule has 0 amide bonds. The zero-order chi connectivity index (χ0) is 12.0. The molecule has 0 heterocycles. The first-order valence-electron chi connectivity index (χ1n) is 6.05. The highest BCUT2D eigenvalue weighted by Crippen LogP contribution is 2.11. The normalized spacial score (nSPS) is 13.1. The van der Waals surface area contributed by atoms with E-state index in [0.29, 0.717) is 6.04 Å². The summed E-state index contributed by atoms with van der Waals surface area (Å²) in [6.45, 7) is 7.68. The predicted octanol–water partition coefficient (Wildman–Crippen LogP) is 4.25. The topological polar surface area (TPSA) is 12.0 Å². The Bertz CT molecular complexity index is 309. The van der Waals surface area contributed by atoms with Crippen molar-refractivity contribution in [3.63, 3.8) is 0 Å². The van der Waals surface area contributed by atoms with Crippen LogP contribution >= 0.6 is 11.6 Å². The van der Waals surface area contributed by atoms with Gasteiger partial charge < -0.3 is 5.32 Å². The lowest BCUT2D eigenvalue weighted by molar-refractivity contribution is 0.451. The van der Waals surface area contributed by atoms with Gasteiger partial charge in [0.1, 0.15) is 0 Å². The van der Waals surface area contributed by atoms with Gasteiger partial charge in [0.15, 0.2) is 0 Å². The molecule has 0 aliphatic carbocycles. The van der Waals surface area contributed by atoms with Gasteiger partial charge in [-0.1, -0.05) is 37.6 Å². The van der Waals surface area contributed by atoms with Gasteiger partial charge in [0.25, 0.3) is 0 Å². The van der Waals surface area contributed by atoms with Crippen molar-refractivity contribution in [2.24, 2.45) is 5.92 Å². The Labute approximate surface area is 104 Å². The molecular formula is C14H22ClN. The largest absolute Gasteiger partial charge is 0.310 e. The van der Waals surface area contributed by atoms with Gasteiger partial charge in [0.05, 0.1) is 0 Å². The van der Waals surface area contributed by atoms with Crippen molar-refractivity contribution in [3.8, 4) is 0 Å². The summed E-state index contributed by atoms with van der Waals surface area (Å²) in [7, 11) is 0. The van der Waals surface area contributed by atoms with Crippen LogP contribution in [0.1, 0.15) is 39.2 Å². The van der Waals surface area contributed by atoms with Crippen LogP contribution in [0.4, 0.5) is 0 Å². The highest BCUT2D eigenvalue weighted by atomic mass is 35.5. The molecule has 0 fully saturated rings. The van der Waals surface area contributed by atoms with E-state index in [1.807, 2.05) is 18.2 Å². The zero-order valence-corrected chi connectivity index (χ0v) is 11.2. The fourth-order valence-corrected chi connectivity index (χ4v) is 1.84. The molecule has 0 saturated heterocycles. The molecule has 0 aliphatic rings. The van der Waals surface area contributed by atoms with Crippen LogP contribution in [-0.4, -0.2) is 6.04 Å². The highest BCUT2D eigenvalue weighted by Gasteiger charge is 2.03. The minimum atomic E-state index is 0.571. The van der Waals surface area contributed by atoms with Gasteiger partial charge in [-0.15, -0.1) is 0 Å². The lowest BCUT2D eigenvalue weighted by Crippen LogP contribution is -2.25. The molecule has 1 atom stereocenters. The summed E-state index contributed by atoms with van der Waals surface area (Å²) in [5, 5.41) is 4.34. The molecule has 1 nitrogen and oxygen atoms in total. The highest BCUT2D eigenvalue weighted by molar-refractivity contribution is 6.30. The van der Waals surface area contributed by atoms with Crippen LogP contribution < -0.4 is 5.32 Å². The van der Waals surface area contributed by atoms with E-state index in [2.05, 4.69) is 32.2 Å². The van der Waals surface area contributed by atoms with Crippen molar-refractivity contribution < 1.29 is 0 Å². The lowest BCUT2D eigenvalue weighted by atomic mass is 10.0. The van der Waals surface area contributed by atoms with Crippen LogP contribution in [-0.2, 0) is 6.54 Å². The molecule has 0 radical (unpaired) electrons. The number of hydrogen-bond donors (Lipinski definition) is 1. The fraction of sp³-hybridized carbons (Fsp3) is 0.571. The predicted molar refractivity (Wildman–Crippen MR) is 71.8 cm³/mol. The molecule has 1 unspecified atom stereocenters. The minimum absolute atomic E-state index is 0.571. The summed E-state index contributed by atoms with van der Waals surface area (Å²) in [6.07, 6.45) is 2.52. The Morgan fingerprint density at radius 2 is 1.94 bits per heavy atom. The van der Waals surface area contributed by atoms with Crippen LogP contribution in [0.25, 0.3) is 0 Å². The number of halogens is 1. The molecule has 1 N–H and O–H groups in total. The second kappa shape index (κ2) is 6.93. The van der Waals surface area contributed by atoms with Crippen LogP contribution in [0, 0.1) is 5.92 Å². The molecule has 0 bridgehead atoms. The van der Waals surface area contributed by atoms with Crippen molar-refractivity contribution in [1.82, 2.24) is 5.32 Å². The molecule has 1 rings (SSSR count). The monoisotopic (exact) mass is 239 g/mol. The van der Waals surface area contributed by atoms with Crippen molar-refractivity contribution >= 4 is 11.6 Å². The van der Waals surface area contributed by atoms with Gasteiger partial charge in [0, 0.05) is 17.6 Å². The average Bonchev–Trinajstić information content (AvgIpc) is 2.23. The maximum atomic E-state index is 5.94. The van der Waals surface area contributed by atoms with Crippen molar-refractivity contribution in [2.75, 3.05) is 0 Å². The molecule has 90 valence electrons. The van der Waals surface area contributed by atoms with E-state index in [1.165, 1.54) is 18.4 Å². The second-order valence-corrected chi connectivity index (χ2v) is 5.32. The fourth-order valence-electron chi connectivity index (χ4n) is 1.62. The van der Waals surface area contributed by atoms with Gasteiger partial charge in [0.2, 0.25) is 0 Å². The molecule has 0 aliphatic heterocycles. The summed E-state index contributed by atoms with van der Waals surface area (Å²) in [5.74, 6) is 0.787. The Kier molecular flexibility index (Phi) is 5.86. The Morgan fingerprint density at radius 1 is 1.19 bits per heavy atom. The maximum Gasteiger partial charge on any atom is 0.0409 e. The first kappa shape index (κ1) is 13.5. The van der Waals surface area contributed by atoms with Crippen LogP contribution in [0.15, 0.2) is 24.3 Å². The minimum Gasteiger partial charge on any atom is -0.310 e. The van der Waals surface area contributed by atoms with E-state index in [1.54, 1.807) is 0 Å². The molecule has 0 saturated carbocycles. The Morgan fingerprint density at radius 3 is 2.56 bits per heavy atom. The van der Waals surface area contributed by atoms with E-state index in [4.69, 9.17) is 11.6 Å². The third-order valence-corrected chi connectivity index (χ3v) is 2.96. The molecule has 2 heteroatoms. The lowest BCUT2D eigenvalue weighted by Gasteiger charge is -2.15. The standard InChI is InChI=1S/C14H22ClN/c1-11(2)7-8-12(3)16-10-13-5-4-6-14(15)9-13/h4-6,9,11-12,16H,7-8,10H2,1-3H3. The van der Waals surface area contributed by atoms with Crippen LogP contribution in [0.3, 0.4) is 0 Å². The average molecular weight is 240 g/mol. The number of nitrogens with one attached hydrogen (secondary N) is 1. The van der Waals surface area contributed by atoms with Crippen molar-refractivity contribution in [3.05, 3.63) is 34.9 Å². The summed E-state index contributed by atoms with van der Waals surface area (Å²) in [5.41, 5.74) is 1.25. The number of rotatable bonds is 6. The molecule has 0 spiro atoms. The molecule has 16 heavy (non-hydrogen) atoms. The molecular weight excluding hydrogens is 218 g/mol. The van der Waals surface area contributed by atoms with Gasteiger partial charge in [-0.05, 0) is 43.4 Å². The SMILES string of the molecule is CC(C)CCC(C)NCc1cccc(Cl)c1. The molecule has 1 aromatic carbocycles. The summed E-state index contributed by atoms with van der Waals surface area (Å²) >= 11 is 5.94. The number of benzene rings is 1. The van der Waals surface area contributed by atoms with Gasteiger partial charge in [-0.25, -0.2) is 0 Å². The van der Waals surface area contributed by atoms with Gasteiger partial charge in [-0.3, -0.25) is 0 Å². The van der Waals surface area contributed by atoms with E-state index in [9.17, 15) is 0 Å². The number of hydrogen-bond acceptors (Lipinski definition) is 1. The summed E-state index contributed by atoms with van der Waals surface area (Å²) in [6, 6.07) is 8.60. The Balaban J connectivity index is 2.28. The van der Waals surface area contributed by atoms with Gasteiger partial charge >= 0.3 is 0 Å². The van der Waals surface area contributed by atoms with E-state index in [0.717, 1.165) is 17.5 Å². The van der Waals surface area contributed by atoms with E-state index in [-0.39, 0.29) is 0 Å². The molecule has 0 aromatic heterocycles. The van der Waals surface area contributed by atoms with Gasteiger partial charge in [-0.2, -0.15) is 0 Å². The summed E-state index contributed by atoms with van der Waals surface area (Å²) in [4.78, 5) is 0.